The van der Waals surface area contributed by atoms with E-state index in [-0.39, 0.29) is 5.75 Å². The number of rotatable bonds is 6. The maximum atomic E-state index is 12.1. The fourth-order valence-electron chi connectivity index (χ4n) is 1.92. The van der Waals surface area contributed by atoms with Gasteiger partial charge >= 0.3 is 6.61 Å². The van der Waals surface area contributed by atoms with Crippen LogP contribution in [-0.4, -0.2) is 26.6 Å². The van der Waals surface area contributed by atoms with Crippen LogP contribution in [0.3, 0.4) is 0 Å². The van der Waals surface area contributed by atoms with Gasteiger partial charge in [0.15, 0.2) is 0 Å². The van der Waals surface area contributed by atoms with E-state index in [1.165, 1.54) is 12.1 Å². The lowest BCUT2D eigenvalue weighted by molar-refractivity contribution is -0.0498. The Bertz CT molecular complexity index is 773. The van der Waals surface area contributed by atoms with E-state index in [9.17, 15) is 8.78 Å². The van der Waals surface area contributed by atoms with Crippen LogP contribution in [0.1, 0.15) is 5.89 Å². The summed E-state index contributed by atoms with van der Waals surface area (Å²) in [6.07, 6.45) is 4.08. The smallest absolute Gasteiger partial charge is 0.387 e. The van der Waals surface area contributed by atoms with Crippen molar-refractivity contribution in [2.45, 2.75) is 19.6 Å². The van der Waals surface area contributed by atoms with Crippen molar-refractivity contribution < 1.29 is 17.9 Å². The van der Waals surface area contributed by atoms with Gasteiger partial charge in [-0.2, -0.15) is 13.9 Å². The van der Waals surface area contributed by atoms with Crippen molar-refractivity contribution in [3.8, 4) is 17.2 Å². The Morgan fingerprint density at radius 1 is 1.22 bits per heavy atom. The first kappa shape index (κ1) is 15.6. The third-order valence-electron chi connectivity index (χ3n) is 2.95. The molecule has 9 heteroatoms. The Kier molecular flexibility index (Phi) is 4.65. The quantitative estimate of drug-likeness (QED) is 0.650. The lowest BCUT2D eigenvalue weighted by Gasteiger charge is -2.03. The molecule has 23 heavy (non-hydrogen) atoms. The Morgan fingerprint density at radius 2 is 2.00 bits per heavy atom. The van der Waals surface area contributed by atoms with Gasteiger partial charge in [-0.1, -0.05) is 0 Å². The minimum Gasteiger partial charge on any atom is -0.435 e. The molecular weight excluding hydrogens is 374 g/mol. The van der Waals surface area contributed by atoms with E-state index in [1.54, 1.807) is 23.0 Å². The van der Waals surface area contributed by atoms with E-state index in [0.717, 1.165) is 4.47 Å². The standard InChI is InChI=1S/C14H11BrF2N4O2/c15-10-7-18-21(8-10)6-5-12-19-20-13(23-12)9-1-3-11(4-2-9)22-14(16)17/h1-4,7-8,14H,5-6H2. The lowest BCUT2D eigenvalue weighted by Crippen LogP contribution is -2.01. The molecule has 0 saturated carbocycles. The highest BCUT2D eigenvalue weighted by atomic mass is 79.9. The molecule has 0 aliphatic rings. The molecule has 3 rings (SSSR count). The van der Waals surface area contributed by atoms with Gasteiger partial charge in [-0.25, -0.2) is 0 Å². The number of ether oxygens (including phenoxy) is 1. The topological polar surface area (TPSA) is 66.0 Å². The molecule has 0 fully saturated rings. The van der Waals surface area contributed by atoms with Gasteiger partial charge in [-0.15, -0.1) is 10.2 Å². The maximum absolute atomic E-state index is 12.1. The summed E-state index contributed by atoms with van der Waals surface area (Å²) in [5.41, 5.74) is 0.632. The second-order valence-corrected chi connectivity index (χ2v) is 5.49. The second kappa shape index (κ2) is 6.86. The molecule has 3 aromatic rings. The predicted molar refractivity (Wildman–Crippen MR) is 80.0 cm³/mol. The van der Waals surface area contributed by atoms with Gasteiger partial charge in [0.25, 0.3) is 0 Å². The summed E-state index contributed by atoms with van der Waals surface area (Å²) in [5, 5.41) is 12.0. The molecule has 0 aliphatic carbocycles. The van der Waals surface area contributed by atoms with E-state index in [4.69, 9.17) is 4.42 Å². The van der Waals surface area contributed by atoms with Gasteiger partial charge < -0.3 is 9.15 Å². The van der Waals surface area contributed by atoms with Crippen molar-refractivity contribution in [1.82, 2.24) is 20.0 Å². The van der Waals surface area contributed by atoms with Crippen molar-refractivity contribution in [1.29, 1.82) is 0 Å². The molecule has 2 aromatic heterocycles. The fraction of sp³-hybridized carbons (Fsp3) is 0.214. The summed E-state index contributed by atoms with van der Waals surface area (Å²) in [6.45, 7) is -2.24. The number of hydrogen-bond donors (Lipinski definition) is 0. The third-order valence-corrected chi connectivity index (χ3v) is 3.36. The van der Waals surface area contributed by atoms with Crippen LogP contribution < -0.4 is 4.74 Å². The van der Waals surface area contributed by atoms with Crippen molar-refractivity contribution >= 4 is 15.9 Å². The number of halogens is 3. The van der Waals surface area contributed by atoms with Crippen molar-refractivity contribution in [3.63, 3.8) is 0 Å². The van der Waals surface area contributed by atoms with E-state index in [2.05, 4.69) is 36.0 Å². The summed E-state index contributed by atoms with van der Waals surface area (Å²) in [5.74, 6) is 0.873. The number of nitrogens with zero attached hydrogens (tertiary/aromatic N) is 4. The van der Waals surface area contributed by atoms with Gasteiger partial charge in [-0.05, 0) is 40.2 Å². The van der Waals surface area contributed by atoms with E-state index in [1.807, 2.05) is 6.20 Å². The molecule has 2 heterocycles. The molecular formula is C14H11BrF2N4O2. The third kappa shape index (κ3) is 4.13. The van der Waals surface area contributed by atoms with Crippen LogP contribution in [0.5, 0.6) is 5.75 Å². The van der Waals surface area contributed by atoms with Gasteiger partial charge in [0.05, 0.1) is 10.7 Å². The minimum atomic E-state index is -2.85. The predicted octanol–water partition coefficient (Wildman–Crippen LogP) is 3.54. The first-order chi connectivity index (χ1) is 11.1. The molecule has 0 aliphatic heterocycles. The minimum absolute atomic E-state index is 0.0766. The molecule has 0 unspecified atom stereocenters. The maximum Gasteiger partial charge on any atom is 0.387 e. The molecule has 0 spiro atoms. The number of aromatic nitrogens is 4. The van der Waals surface area contributed by atoms with Crippen molar-refractivity contribution in [2.24, 2.45) is 0 Å². The number of aryl methyl sites for hydroxylation is 2. The summed E-state index contributed by atoms with van der Waals surface area (Å²) in [6, 6.07) is 6.01. The van der Waals surface area contributed by atoms with Crippen LogP contribution in [0.4, 0.5) is 8.78 Å². The summed E-state index contributed by atoms with van der Waals surface area (Å²) in [7, 11) is 0. The van der Waals surface area contributed by atoms with Gasteiger partial charge in [-0.3, -0.25) is 4.68 Å². The molecule has 120 valence electrons. The molecule has 0 N–H and O–H groups in total. The lowest BCUT2D eigenvalue weighted by atomic mass is 10.2. The van der Waals surface area contributed by atoms with E-state index in [0.29, 0.717) is 30.3 Å². The highest BCUT2D eigenvalue weighted by Gasteiger charge is 2.10. The summed E-state index contributed by atoms with van der Waals surface area (Å²) < 4.78 is 36.7. The zero-order valence-electron chi connectivity index (χ0n) is 11.7. The molecule has 6 nitrogen and oxygen atoms in total. The SMILES string of the molecule is FC(F)Oc1ccc(-c2nnc(CCn3cc(Br)cn3)o2)cc1. The normalized spacial score (nSPS) is 11.1. The Balaban J connectivity index is 1.64. The van der Waals surface area contributed by atoms with Crippen LogP contribution >= 0.6 is 15.9 Å². The first-order valence-electron chi connectivity index (χ1n) is 6.66. The fourth-order valence-corrected chi connectivity index (χ4v) is 2.25. The zero-order chi connectivity index (χ0) is 16.2. The van der Waals surface area contributed by atoms with Crippen LogP contribution in [-0.2, 0) is 13.0 Å². The second-order valence-electron chi connectivity index (χ2n) is 4.58. The van der Waals surface area contributed by atoms with Crippen molar-refractivity contribution in [3.05, 3.63) is 47.0 Å². The molecule has 0 amide bonds. The first-order valence-corrected chi connectivity index (χ1v) is 7.45. The molecule has 0 bridgehead atoms. The summed E-state index contributed by atoms with van der Waals surface area (Å²) in [4.78, 5) is 0. The van der Waals surface area contributed by atoms with Crippen LogP contribution in [0, 0.1) is 0 Å². The summed E-state index contributed by atoms with van der Waals surface area (Å²) >= 11 is 3.32. The number of hydrogen-bond acceptors (Lipinski definition) is 5. The number of benzene rings is 1. The number of alkyl halides is 2. The Morgan fingerprint density at radius 3 is 2.65 bits per heavy atom. The van der Waals surface area contributed by atoms with Gasteiger partial charge in [0, 0.05) is 24.7 Å². The highest BCUT2D eigenvalue weighted by molar-refractivity contribution is 9.10. The average Bonchev–Trinajstić information content (AvgIpc) is 3.14. The molecule has 1 aromatic carbocycles. The zero-order valence-corrected chi connectivity index (χ0v) is 13.3. The van der Waals surface area contributed by atoms with Crippen LogP contribution in [0.15, 0.2) is 45.5 Å². The van der Waals surface area contributed by atoms with Crippen LogP contribution in [0.25, 0.3) is 11.5 Å². The van der Waals surface area contributed by atoms with Gasteiger partial charge in [0.2, 0.25) is 11.8 Å². The van der Waals surface area contributed by atoms with E-state index >= 15 is 0 Å². The van der Waals surface area contributed by atoms with Crippen molar-refractivity contribution in [2.75, 3.05) is 0 Å². The molecule has 0 atom stereocenters. The molecule has 0 radical (unpaired) electrons. The largest absolute Gasteiger partial charge is 0.435 e. The van der Waals surface area contributed by atoms with Crippen LogP contribution in [0.2, 0.25) is 0 Å². The van der Waals surface area contributed by atoms with E-state index < -0.39 is 6.61 Å². The Labute approximate surface area is 138 Å². The molecule has 0 saturated heterocycles. The Hall–Kier alpha value is -2.29. The monoisotopic (exact) mass is 384 g/mol. The average molecular weight is 385 g/mol. The highest BCUT2D eigenvalue weighted by Crippen LogP contribution is 2.22. The van der Waals surface area contributed by atoms with Gasteiger partial charge in [0.1, 0.15) is 5.75 Å².